The average molecular weight is 428 g/mol. The molecule has 0 bridgehead atoms. The van der Waals surface area contributed by atoms with Gasteiger partial charge in [-0.2, -0.15) is 0 Å². The standard InChI is InChI=1S/C21H15ClFN3O2S/c22-14-5-8-16-17(10-14)24-12-26(21(16)28)11-19(27)25-20(18-2-1-9-29-18)13-3-6-15(23)7-4-13/h1-10,12,20H,11H2,(H,25,27)/t20-/m0/s1. The van der Waals surface area contributed by atoms with Crippen LogP contribution in [0.25, 0.3) is 10.9 Å². The minimum Gasteiger partial charge on any atom is -0.343 e. The summed E-state index contributed by atoms with van der Waals surface area (Å²) < 4.78 is 14.6. The molecule has 1 amide bonds. The molecule has 0 aliphatic carbocycles. The fourth-order valence-corrected chi connectivity index (χ4v) is 4.00. The number of nitrogens with one attached hydrogen (secondary N) is 1. The Kier molecular flexibility index (Phi) is 5.42. The summed E-state index contributed by atoms with van der Waals surface area (Å²) in [7, 11) is 0. The van der Waals surface area contributed by atoms with Gasteiger partial charge in [0.15, 0.2) is 0 Å². The van der Waals surface area contributed by atoms with Crippen molar-refractivity contribution in [1.29, 1.82) is 0 Å². The molecule has 0 saturated carbocycles. The van der Waals surface area contributed by atoms with Gasteiger partial charge in [0.05, 0.1) is 23.3 Å². The van der Waals surface area contributed by atoms with Gasteiger partial charge >= 0.3 is 0 Å². The topological polar surface area (TPSA) is 64.0 Å². The maximum absolute atomic E-state index is 13.3. The number of hydrogen-bond acceptors (Lipinski definition) is 4. The first-order valence-electron chi connectivity index (χ1n) is 8.74. The molecule has 2 heterocycles. The lowest BCUT2D eigenvalue weighted by atomic mass is 10.1. The van der Waals surface area contributed by atoms with Crippen LogP contribution in [0.4, 0.5) is 4.39 Å². The van der Waals surface area contributed by atoms with E-state index in [2.05, 4.69) is 10.3 Å². The predicted octanol–water partition coefficient (Wildman–Crippen LogP) is 4.16. The van der Waals surface area contributed by atoms with Crippen LogP contribution in [0.15, 0.2) is 71.1 Å². The van der Waals surface area contributed by atoms with Crippen molar-refractivity contribution in [2.75, 3.05) is 0 Å². The first kappa shape index (κ1) is 19.3. The highest BCUT2D eigenvalue weighted by Crippen LogP contribution is 2.26. The van der Waals surface area contributed by atoms with Crippen molar-refractivity contribution in [2.24, 2.45) is 0 Å². The molecule has 4 aromatic rings. The van der Waals surface area contributed by atoms with Crippen LogP contribution in [0.1, 0.15) is 16.5 Å². The minimum absolute atomic E-state index is 0.187. The second-order valence-electron chi connectivity index (χ2n) is 6.41. The largest absolute Gasteiger partial charge is 0.343 e. The van der Waals surface area contributed by atoms with Crippen molar-refractivity contribution in [1.82, 2.24) is 14.9 Å². The van der Waals surface area contributed by atoms with Gasteiger partial charge in [0.2, 0.25) is 5.91 Å². The van der Waals surface area contributed by atoms with Crippen molar-refractivity contribution < 1.29 is 9.18 Å². The Balaban J connectivity index is 1.59. The van der Waals surface area contributed by atoms with Crippen LogP contribution in [0.5, 0.6) is 0 Å². The molecule has 4 rings (SSSR count). The first-order valence-corrected chi connectivity index (χ1v) is 10.00. The monoisotopic (exact) mass is 427 g/mol. The number of nitrogens with zero attached hydrogens (tertiary/aromatic N) is 2. The molecule has 0 fully saturated rings. The van der Waals surface area contributed by atoms with E-state index in [0.717, 1.165) is 10.4 Å². The quantitative estimate of drug-likeness (QED) is 0.520. The molecule has 0 aliphatic rings. The zero-order chi connectivity index (χ0) is 20.4. The van der Waals surface area contributed by atoms with Crippen LogP contribution in [-0.4, -0.2) is 15.5 Å². The van der Waals surface area contributed by atoms with Gasteiger partial charge in [-0.1, -0.05) is 29.8 Å². The molecule has 29 heavy (non-hydrogen) atoms. The lowest BCUT2D eigenvalue weighted by molar-refractivity contribution is -0.122. The van der Waals surface area contributed by atoms with Crippen LogP contribution in [0.3, 0.4) is 0 Å². The zero-order valence-corrected chi connectivity index (χ0v) is 16.6. The van der Waals surface area contributed by atoms with Gasteiger partial charge in [-0.3, -0.25) is 14.2 Å². The van der Waals surface area contributed by atoms with E-state index in [9.17, 15) is 14.0 Å². The SMILES string of the molecule is O=C(Cn1cnc2cc(Cl)ccc2c1=O)N[C@@H](c1ccc(F)cc1)c1cccs1. The highest BCUT2D eigenvalue weighted by Gasteiger charge is 2.19. The maximum atomic E-state index is 13.3. The molecule has 0 radical (unpaired) electrons. The van der Waals surface area contributed by atoms with E-state index in [1.165, 1.54) is 34.4 Å². The minimum atomic E-state index is -0.439. The molecular weight excluding hydrogens is 413 g/mol. The number of aromatic nitrogens is 2. The lowest BCUT2D eigenvalue weighted by Crippen LogP contribution is -2.35. The van der Waals surface area contributed by atoms with Crippen LogP contribution in [0, 0.1) is 5.82 Å². The van der Waals surface area contributed by atoms with Crippen molar-refractivity contribution in [2.45, 2.75) is 12.6 Å². The third kappa shape index (κ3) is 4.21. The van der Waals surface area contributed by atoms with E-state index >= 15 is 0 Å². The second kappa shape index (κ2) is 8.14. The number of fused-ring (bicyclic) bond motifs is 1. The van der Waals surface area contributed by atoms with E-state index in [-0.39, 0.29) is 23.8 Å². The Labute approximate surface area is 174 Å². The number of thiophene rings is 1. The molecule has 1 N–H and O–H groups in total. The molecule has 2 aromatic heterocycles. The van der Waals surface area contributed by atoms with E-state index in [1.54, 1.807) is 30.3 Å². The van der Waals surface area contributed by atoms with Gasteiger partial charge in [-0.25, -0.2) is 9.37 Å². The summed E-state index contributed by atoms with van der Waals surface area (Å²) in [6, 6.07) is 14.1. The van der Waals surface area contributed by atoms with Crippen molar-refractivity contribution >= 4 is 39.7 Å². The third-order valence-corrected chi connectivity index (χ3v) is 5.61. The van der Waals surface area contributed by atoms with Crippen molar-refractivity contribution in [3.8, 4) is 0 Å². The molecular formula is C21H15ClFN3O2S. The van der Waals surface area contributed by atoms with Crippen molar-refractivity contribution in [3.05, 3.63) is 97.9 Å². The molecule has 8 heteroatoms. The molecule has 146 valence electrons. The Hall–Kier alpha value is -3.03. The Morgan fingerprint density at radius 1 is 1.21 bits per heavy atom. The summed E-state index contributed by atoms with van der Waals surface area (Å²) in [4.78, 5) is 30.5. The van der Waals surface area contributed by atoms with E-state index < -0.39 is 6.04 Å². The summed E-state index contributed by atoms with van der Waals surface area (Å²) in [5, 5.41) is 5.70. The third-order valence-electron chi connectivity index (χ3n) is 4.44. The first-order chi connectivity index (χ1) is 14.0. The second-order valence-corrected chi connectivity index (χ2v) is 7.82. The van der Waals surface area contributed by atoms with E-state index in [1.807, 2.05) is 17.5 Å². The van der Waals surface area contributed by atoms with Crippen LogP contribution < -0.4 is 10.9 Å². The summed E-state index contributed by atoms with van der Waals surface area (Å²) >= 11 is 7.42. The van der Waals surface area contributed by atoms with E-state index in [0.29, 0.717) is 15.9 Å². The van der Waals surface area contributed by atoms with Gasteiger partial charge in [-0.15, -0.1) is 11.3 Å². The molecule has 0 aliphatic heterocycles. The number of hydrogen-bond donors (Lipinski definition) is 1. The predicted molar refractivity (Wildman–Crippen MR) is 112 cm³/mol. The van der Waals surface area contributed by atoms with Gasteiger partial charge < -0.3 is 5.32 Å². The molecule has 0 unspecified atom stereocenters. The lowest BCUT2D eigenvalue weighted by Gasteiger charge is -2.18. The Morgan fingerprint density at radius 3 is 2.72 bits per heavy atom. The van der Waals surface area contributed by atoms with Gasteiger partial charge in [0.25, 0.3) is 5.56 Å². The maximum Gasteiger partial charge on any atom is 0.261 e. The number of halogens is 2. The molecule has 5 nitrogen and oxygen atoms in total. The number of carbonyl (C=O) groups excluding carboxylic acids is 1. The van der Waals surface area contributed by atoms with Gasteiger partial charge in [0.1, 0.15) is 12.4 Å². The highest BCUT2D eigenvalue weighted by atomic mass is 35.5. The normalized spacial score (nSPS) is 12.1. The summed E-state index contributed by atoms with van der Waals surface area (Å²) in [6.07, 6.45) is 1.33. The fourth-order valence-electron chi connectivity index (χ4n) is 3.03. The number of carbonyl (C=O) groups is 1. The zero-order valence-electron chi connectivity index (χ0n) is 15.0. The summed E-state index contributed by atoms with van der Waals surface area (Å²) in [6.45, 7) is -0.187. The molecule has 0 saturated heterocycles. The van der Waals surface area contributed by atoms with Crippen LogP contribution >= 0.6 is 22.9 Å². The Morgan fingerprint density at radius 2 is 2.00 bits per heavy atom. The molecule has 1 atom stereocenters. The number of rotatable bonds is 5. The smallest absolute Gasteiger partial charge is 0.261 e. The van der Waals surface area contributed by atoms with E-state index in [4.69, 9.17) is 11.6 Å². The van der Waals surface area contributed by atoms with Crippen LogP contribution in [-0.2, 0) is 11.3 Å². The Bertz CT molecular complexity index is 1220. The summed E-state index contributed by atoms with van der Waals surface area (Å²) in [5.74, 6) is -0.705. The van der Waals surface area contributed by atoms with Gasteiger partial charge in [-0.05, 0) is 47.3 Å². The molecule has 0 spiro atoms. The van der Waals surface area contributed by atoms with Crippen molar-refractivity contribution in [3.63, 3.8) is 0 Å². The number of benzene rings is 2. The number of amides is 1. The summed E-state index contributed by atoms with van der Waals surface area (Å²) in [5.41, 5.74) is 0.902. The van der Waals surface area contributed by atoms with Gasteiger partial charge in [0, 0.05) is 9.90 Å². The van der Waals surface area contributed by atoms with Crippen LogP contribution in [0.2, 0.25) is 5.02 Å². The highest BCUT2D eigenvalue weighted by molar-refractivity contribution is 7.10. The molecule has 2 aromatic carbocycles. The average Bonchev–Trinajstić information content (AvgIpc) is 3.24. The fraction of sp³-hybridized carbons (Fsp3) is 0.0952.